The minimum atomic E-state index is -0.255. The molecule has 0 saturated heterocycles. The minimum Gasteiger partial charge on any atom is -0.485 e. The number of rotatable bonds is 5. The first-order valence-electron chi connectivity index (χ1n) is 5.60. The van der Waals surface area contributed by atoms with Crippen LogP contribution in [0.5, 0.6) is 5.75 Å². The maximum absolute atomic E-state index is 6.12. The molecular formula is C13H20ClNO. The molecule has 0 amide bonds. The van der Waals surface area contributed by atoms with Gasteiger partial charge >= 0.3 is 0 Å². The van der Waals surface area contributed by atoms with Gasteiger partial charge in [0.25, 0.3) is 0 Å². The number of aryl methyl sites for hydroxylation is 1. The van der Waals surface area contributed by atoms with Crippen LogP contribution < -0.4 is 10.1 Å². The number of nitrogens with one attached hydrogen (secondary N) is 1. The molecule has 1 rings (SSSR count). The summed E-state index contributed by atoms with van der Waals surface area (Å²) in [5.74, 6) is 0.746. The second kappa shape index (κ2) is 5.55. The molecule has 1 aromatic rings. The lowest BCUT2D eigenvalue weighted by Crippen LogP contribution is -2.40. The Morgan fingerprint density at radius 2 is 2.06 bits per heavy atom. The maximum Gasteiger partial charge on any atom is 0.138 e. The van der Waals surface area contributed by atoms with Crippen molar-refractivity contribution in [1.29, 1.82) is 0 Å². The quantitative estimate of drug-likeness (QED) is 0.853. The van der Waals surface area contributed by atoms with Crippen LogP contribution in [0.15, 0.2) is 18.2 Å². The van der Waals surface area contributed by atoms with E-state index in [1.54, 1.807) is 0 Å². The van der Waals surface area contributed by atoms with Crippen LogP contribution in [0.4, 0.5) is 0 Å². The molecular weight excluding hydrogens is 222 g/mol. The zero-order valence-electron chi connectivity index (χ0n) is 10.4. The van der Waals surface area contributed by atoms with Crippen LogP contribution in [-0.2, 0) is 0 Å². The van der Waals surface area contributed by atoms with Gasteiger partial charge in [0.1, 0.15) is 11.4 Å². The highest BCUT2D eigenvalue weighted by Gasteiger charge is 2.20. The molecule has 0 aliphatic carbocycles. The number of benzene rings is 1. The third-order valence-corrected chi connectivity index (χ3v) is 2.57. The van der Waals surface area contributed by atoms with Crippen LogP contribution in [0, 0.1) is 6.92 Å². The fourth-order valence-corrected chi connectivity index (χ4v) is 1.72. The smallest absolute Gasteiger partial charge is 0.138 e. The first-order chi connectivity index (χ1) is 7.44. The van der Waals surface area contributed by atoms with E-state index >= 15 is 0 Å². The van der Waals surface area contributed by atoms with Gasteiger partial charge in [-0.3, -0.25) is 0 Å². The van der Waals surface area contributed by atoms with Gasteiger partial charge in [0.15, 0.2) is 0 Å². The average molecular weight is 242 g/mol. The lowest BCUT2D eigenvalue weighted by atomic mass is 10.1. The van der Waals surface area contributed by atoms with E-state index in [9.17, 15) is 0 Å². The molecule has 0 saturated carbocycles. The van der Waals surface area contributed by atoms with E-state index in [1.165, 1.54) is 0 Å². The Morgan fingerprint density at radius 3 is 2.62 bits per heavy atom. The first kappa shape index (κ1) is 13.3. The highest BCUT2D eigenvalue weighted by Crippen LogP contribution is 2.28. The van der Waals surface area contributed by atoms with Gasteiger partial charge in [-0.25, -0.2) is 0 Å². The van der Waals surface area contributed by atoms with Crippen molar-refractivity contribution >= 4 is 11.6 Å². The molecule has 0 aliphatic heterocycles. The van der Waals surface area contributed by atoms with Gasteiger partial charge in [-0.15, -0.1) is 0 Å². The highest BCUT2D eigenvalue weighted by atomic mass is 35.5. The molecule has 1 aromatic carbocycles. The topological polar surface area (TPSA) is 21.3 Å². The molecule has 0 bridgehead atoms. The van der Waals surface area contributed by atoms with E-state index in [0.717, 1.165) is 24.4 Å². The summed E-state index contributed by atoms with van der Waals surface area (Å²) in [6.45, 7) is 9.92. The van der Waals surface area contributed by atoms with Gasteiger partial charge in [0, 0.05) is 6.54 Å². The predicted octanol–water partition coefficient (Wildman–Crippen LogP) is 3.42. The maximum atomic E-state index is 6.12. The fraction of sp³-hybridized carbons (Fsp3) is 0.538. The summed E-state index contributed by atoms with van der Waals surface area (Å²) in [5.41, 5.74) is 0.886. The van der Waals surface area contributed by atoms with Crippen LogP contribution in [-0.4, -0.2) is 18.7 Å². The number of likely N-dealkylation sites (N-methyl/N-ethyl adjacent to an activating group) is 1. The molecule has 0 aromatic heterocycles. The zero-order valence-corrected chi connectivity index (χ0v) is 11.2. The normalized spacial score (nSPS) is 11.6. The summed E-state index contributed by atoms with van der Waals surface area (Å²) in [7, 11) is 0. The summed E-state index contributed by atoms with van der Waals surface area (Å²) < 4.78 is 5.90. The molecule has 0 radical (unpaired) electrons. The van der Waals surface area contributed by atoms with E-state index in [2.05, 4.69) is 12.2 Å². The van der Waals surface area contributed by atoms with Crippen molar-refractivity contribution in [2.24, 2.45) is 0 Å². The molecule has 1 N–H and O–H groups in total. The van der Waals surface area contributed by atoms with Crippen molar-refractivity contribution in [3.63, 3.8) is 0 Å². The van der Waals surface area contributed by atoms with Gasteiger partial charge < -0.3 is 10.1 Å². The summed E-state index contributed by atoms with van der Waals surface area (Å²) in [5, 5.41) is 3.94. The standard InChI is InChI=1S/C13H20ClNO/c1-5-15-9-13(3,4)16-12-7-6-10(2)8-11(12)14/h6-8,15H,5,9H2,1-4H3. The van der Waals surface area contributed by atoms with Gasteiger partial charge in [0.2, 0.25) is 0 Å². The van der Waals surface area contributed by atoms with Gasteiger partial charge in [-0.2, -0.15) is 0 Å². The van der Waals surface area contributed by atoms with Crippen molar-refractivity contribution in [3.05, 3.63) is 28.8 Å². The van der Waals surface area contributed by atoms with E-state index < -0.39 is 0 Å². The lowest BCUT2D eigenvalue weighted by Gasteiger charge is -2.27. The summed E-state index contributed by atoms with van der Waals surface area (Å²) in [4.78, 5) is 0. The van der Waals surface area contributed by atoms with Gasteiger partial charge in [-0.1, -0.05) is 24.6 Å². The second-order valence-electron chi connectivity index (χ2n) is 4.58. The molecule has 3 heteroatoms. The Bertz CT molecular complexity index is 350. The molecule has 0 atom stereocenters. The van der Waals surface area contributed by atoms with Crippen molar-refractivity contribution in [2.75, 3.05) is 13.1 Å². The Labute approximate surface area is 103 Å². The summed E-state index contributed by atoms with van der Waals surface area (Å²) >= 11 is 6.12. The summed E-state index contributed by atoms with van der Waals surface area (Å²) in [6.07, 6.45) is 0. The zero-order chi connectivity index (χ0) is 12.2. The number of hydrogen-bond donors (Lipinski definition) is 1. The van der Waals surface area contributed by atoms with Crippen molar-refractivity contribution in [2.45, 2.75) is 33.3 Å². The predicted molar refractivity (Wildman–Crippen MR) is 69.4 cm³/mol. The fourth-order valence-electron chi connectivity index (χ4n) is 1.45. The molecule has 0 heterocycles. The molecule has 90 valence electrons. The van der Waals surface area contributed by atoms with E-state index in [-0.39, 0.29) is 5.60 Å². The van der Waals surface area contributed by atoms with Crippen LogP contribution in [0.1, 0.15) is 26.3 Å². The van der Waals surface area contributed by atoms with Crippen LogP contribution >= 0.6 is 11.6 Å². The van der Waals surface area contributed by atoms with Crippen molar-refractivity contribution in [3.8, 4) is 5.75 Å². The number of hydrogen-bond acceptors (Lipinski definition) is 2. The molecule has 2 nitrogen and oxygen atoms in total. The lowest BCUT2D eigenvalue weighted by molar-refractivity contribution is 0.109. The van der Waals surface area contributed by atoms with Crippen LogP contribution in [0.3, 0.4) is 0 Å². The number of ether oxygens (including phenoxy) is 1. The Balaban J connectivity index is 2.71. The monoisotopic (exact) mass is 241 g/mol. The SMILES string of the molecule is CCNCC(C)(C)Oc1ccc(C)cc1Cl. The average Bonchev–Trinajstić information content (AvgIpc) is 2.19. The number of halogens is 1. The Hall–Kier alpha value is -0.730. The first-order valence-corrected chi connectivity index (χ1v) is 5.98. The molecule has 0 aliphatic rings. The van der Waals surface area contributed by atoms with Crippen molar-refractivity contribution < 1.29 is 4.74 Å². The van der Waals surface area contributed by atoms with Gasteiger partial charge in [-0.05, 0) is 45.0 Å². The van der Waals surface area contributed by atoms with Gasteiger partial charge in [0.05, 0.1) is 5.02 Å². The van der Waals surface area contributed by atoms with E-state index in [4.69, 9.17) is 16.3 Å². The molecule has 0 fully saturated rings. The Kier molecular flexibility index (Phi) is 4.63. The highest BCUT2D eigenvalue weighted by molar-refractivity contribution is 6.32. The van der Waals surface area contributed by atoms with Crippen molar-refractivity contribution in [1.82, 2.24) is 5.32 Å². The second-order valence-corrected chi connectivity index (χ2v) is 4.98. The Morgan fingerprint density at radius 1 is 1.38 bits per heavy atom. The van der Waals surface area contributed by atoms with Crippen LogP contribution in [0.25, 0.3) is 0 Å². The molecule has 0 unspecified atom stereocenters. The largest absolute Gasteiger partial charge is 0.485 e. The summed E-state index contributed by atoms with van der Waals surface area (Å²) in [6, 6.07) is 5.84. The minimum absolute atomic E-state index is 0.255. The van der Waals surface area contributed by atoms with Crippen LogP contribution in [0.2, 0.25) is 5.02 Å². The third-order valence-electron chi connectivity index (χ3n) is 2.27. The molecule has 16 heavy (non-hydrogen) atoms. The third kappa shape index (κ3) is 4.03. The van der Waals surface area contributed by atoms with E-state index in [1.807, 2.05) is 39.0 Å². The van der Waals surface area contributed by atoms with E-state index in [0.29, 0.717) is 5.02 Å². The molecule has 0 spiro atoms.